The van der Waals surface area contributed by atoms with Crippen LogP contribution in [0.2, 0.25) is 0 Å². The molecular formula is C10H15N5O3S. The van der Waals surface area contributed by atoms with Gasteiger partial charge in [0.1, 0.15) is 23.2 Å². The van der Waals surface area contributed by atoms with Crippen molar-refractivity contribution in [2.45, 2.75) is 38.3 Å². The zero-order valence-corrected chi connectivity index (χ0v) is 11.7. The molecule has 0 fully saturated rings. The molecule has 2 aromatic rings. The lowest BCUT2D eigenvalue weighted by atomic mass is 10.4. The molecule has 0 aliphatic carbocycles. The number of nitrogens with one attached hydrogen (secondary N) is 1. The fraction of sp³-hybridized carbons (Fsp3) is 0.500. The summed E-state index contributed by atoms with van der Waals surface area (Å²) >= 11 is 0. The smallest absolute Gasteiger partial charge is 0.246 e. The van der Waals surface area contributed by atoms with E-state index in [2.05, 4.69) is 20.0 Å². The molecule has 1 atom stereocenters. The van der Waals surface area contributed by atoms with Crippen LogP contribution < -0.4 is 4.72 Å². The van der Waals surface area contributed by atoms with Gasteiger partial charge >= 0.3 is 0 Å². The Morgan fingerprint density at radius 1 is 1.47 bits per heavy atom. The van der Waals surface area contributed by atoms with E-state index in [0.717, 1.165) is 0 Å². The Hall–Kier alpha value is -1.74. The first-order valence-electron chi connectivity index (χ1n) is 5.68. The molecule has 9 heteroatoms. The van der Waals surface area contributed by atoms with Crippen LogP contribution in [0.3, 0.4) is 0 Å². The second kappa shape index (κ2) is 5.10. The van der Waals surface area contributed by atoms with Gasteiger partial charge in [0, 0.05) is 6.04 Å². The van der Waals surface area contributed by atoms with E-state index in [1.165, 1.54) is 12.7 Å². The molecule has 0 unspecified atom stereocenters. The summed E-state index contributed by atoms with van der Waals surface area (Å²) in [5.41, 5.74) is 0.345. The highest BCUT2D eigenvalue weighted by molar-refractivity contribution is 7.89. The van der Waals surface area contributed by atoms with Crippen LogP contribution in [-0.2, 0) is 16.6 Å². The second-order valence-electron chi connectivity index (χ2n) is 4.29. The summed E-state index contributed by atoms with van der Waals surface area (Å²) in [5, 5.41) is 7.57. The lowest BCUT2D eigenvalue weighted by Gasteiger charge is -2.13. The predicted molar refractivity (Wildman–Crippen MR) is 65.8 cm³/mol. The molecule has 0 saturated heterocycles. The van der Waals surface area contributed by atoms with E-state index in [-0.39, 0.29) is 16.7 Å². The highest BCUT2D eigenvalue weighted by Crippen LogP contribution is 2.18. The average molecular weight is 285 g/mol. The summed E-state index contributed by atoms with van der Waals surface area (Å²) in [7, 11) is -3.65. The van der Waals surface area contributed by atoms with E-state index in [1.54, 1.807) is 25.5 Å². The maximum absolute atomic E-state index is 12.2. The van der Waals surface area contributed by atoms with Gasteiger partial charge in [0.15, 0.2) is 5.76 Å². The number of hydrogen-bond acceptors (Lipinski definition) is 6. The molecule has 0 spiro atoms. The molecular weight excluding hydrogens is 270 g/mol. The van der Waals surface area contributed by atoms with Gasteiger partial charge in [-0.25, -0.2) is 18.1 Å². The Labute approximate surface area is 110 Å². The number of sulfonamides is 1. The van der Waals surface area contributed by atoms with Crippen LogP contribution in [-0.4, -0.2) is 34.4 Å². The van der Waals surface area contributed by atoms with Crippen molar-refractivity contribution in [1.82, 2.24) is 24.6 Å². The third-order valence-corrected chi connectivity index (χ3v) is 4.35. The molecule has 8 nitrogen and oxygen atoms in total. The zero-order valence-electron chi connectivity index (χ0n) is 10.9. The molecule has 1 N–H and O–H groups in total. The SMILES string of the molecule is Cc1noc(C)c1S(=O)(=O)N[C@@H](C)Cn1cncn1. The van der Waals surface area contributed by atoms with Crippen molar-refractivity contribution in [2.24, 2.45) is 0 Å². The predicted octanol–water partition coefficient (Wildman–Crippen LogP) is 0.250. The molecule has 19 heavy (non-hydrogen) atoms. The molecule has 104 valence electrons. The van der Waals surface area contributed by atoms with Gasteiger partial charge in [-0.1, -0.05) is 5.16 Å². The minimum absolute atomic E-state index is 0.0953. The third kappa shape index (κ3) is 2.99. The molecule has 0 bridgehead atoms. The van der Waals surface area contributed by atoms with E-state index < -0.39 is 10.0 Å². The van der Waals surface area contributed by atoms with Crippen LogP contribution in [0.4, 0.5) is 0 Å². The van der Waals surface area contributed by atoms with Crippen LogP contribution in [0.5, 0.6) is 0 Å². The van der Waals surface area contributed by atoms with Crippen LogP contribution in [0.1, 0.15) is 18.4 Å². The zero-order chi connectivity index (χ0) is 14.0. The van der Waals surface area contributed by atoms with Crippen molar-refractivity contribution in [2.75, 3.05) is 0 Å². The summed E-state index contributed by atoms with van der Waals surface area (Å²) in [6.45, 7) is 5.30. The van der Waals surface area contributed by atoms with Crippen LogP contribution >= 0.6 is 0 Å². The van der Waals surface area contributed by atoms with Crippen molar-refractivity contribution in [3.8, 4) is 0 Å². The number of aryl methyl sites for hydroxylation is 2. The average Bonchev–Trinajstić information content (AvgIpc) is 2.88. The van der Waals surface area contributed by atoms with Crippen molar-refractivity contribution in [3.63, 3.8) is 0 Å². The van der Waals surface area contributed by atoms with Gasteiger partial charge in [0.2, 0.25) is 10.0 Å². The van der Waals surface area contributed by atoms with E-state index >= 15 is 0 Å². The van der Waals surface area contributed by atoms with Gasteiger partial charge in [-0.3, -0.25) is 4.68 Å². The first-order chi connectivity index (χ1) is 8.90. The van der Waals surface area contributed by atoms with Crippen molar-refractivity contribution in [1.29, 1.82) is 0 Å². The summed E-state index contributed by atoms with van der Waals surface area (Å²) in [4.78, 5) is 3.89. The lowest BCUT2D eigenvalue weighted by molar-refractivity contribution is 0.390. The molecule has 0 aliphatic rings. The molecule has 0 aromatic carbocycles. The normalized spacial score (nSPS) is 13.6. The molecule has 0 aliphatic heterocycles. The highest BCUT2D eigenvalue weighted by Gasteiger charge is 2.25. The van der Waals surface area contributed by atoms with Gasteiger partial charge in [-0.2, -0.15) is 5.10 Å². The molecule has 0 saturated carbocycles. The summed E-state index contributed by atoms with van der Waals surface area (Å²) < 4.78 is 33.4. The van der Waals surface area contributed by atoms with E-state index in [9.17, 15) is 8.42 Å². The first kappa shape index (κ1) is 13.7. The van der Waals surface area contributed by atoms with Gasteiger partial charge in [-0.15, -0.1) is 0 Å². The first-order valence-corrected chi connectivity index (χ1v) is 7.16. The minimum Gasteiger partial charge on any atom is -0.360 e. The quantitative estimate of drug-likeness (QED) is 0.844. The van der Waals surface area contributed by atoms with Crippen molar-refractivity contribution >= 4 is 10.0 Å². The molecule has 2 aromatic heterocycles. The Kier molecular flexibility index (Phi) is 3.67. The van der Waals surface area contributed by atoms with Gasteiger partial charge < -0.3 is 4.52 Å². The Balaban J connectivity index is 2.13. The van der Waals surface area contributed by atoms with E-state index in [4.69, 9.17) is 4.52 Å². The van der Waals surface area contributed by atoms with Crippen LogP contribution in [0.25, 0.3) is 0 Å². The molecule has 2 heterocycles. The lowest BCUT2D eigenvalue weighted by Crippen LogP contribution is -2.36. The van der Waals surface area contributed by atoms with Gasteiger partial charge in [-0.05, 0) is 20.8 Å². The fourth-order valence-electron chi connectivity index (χ4n) is 1.83. The fourth-order valence-corrected chi connectivity index (χ4v) is 3.39. The Bertz CT molecular complexity index is 627. The number of aromatic nitrogens is 4. The largest absolute Gasteiger partial charge is 0.360 e. The standard InChI is InChI=1S/C10H15N5O3S/c1-7(4-15-6-11-5-12-15)14-19(16,17)10-8(2)13-18-9(10)3/h5-7,14H,4H2,1-3H3/t7-/m0/s1. The molecule has 0 radical (unpaired) electrons. The Morgan fingerprint density at radius 2 is 2.21 bits per heavy atom. The van der Waals surface area contributed by atoms with Gasteiger partial charge in [0.05, 0.1) is 6.54 Å². The van der Waals surface area contributed by atoms with E-state index in [1.807, 2.05) is 0 Å². The van der Waals surface area contributed by atoms with E-state index in [0.29, 0.717) is 12.2 Å². The Morgan fingerprint density at radius 3 is 2.74 bits per heavy atom. The summed E-state index contributed by atoms with van der Waals surface area (Å²) in [6.07, 6.45) is 2.93. The summed E-state index contributed by atoms with van der Waals surface area (Å²) in [6, 6.07) is -0.333. The minimum atomic E-state index is -3.65. The third-order valence-electron chi connectivity index (χ3n) is 2.52. The van der Waals surface area contributed by atoms with Crippen LogP contribution in [0, 0.1) is 13.8 Å². The van der Waals surface area contributed by atoms with Crippen LogP contribution in [0.15, 0.2) is 22.1 Å². The maximum atomic E-state index is 12.2. The highest BCUT2D eigenvalue weighted by atomic mass is 32.2. The van der Waals surface area contributed by atoms with Gasteiger partial charge in [0.25, 0.3) is 0 Å². The second-order valence-corrected chi connectivity index (χ2v) is 5.94. The summed E-state index contributed by atoms with van der Waals surface area (Å²) in [5.74, 6) is 0.276. The molecule has 0 amide bonds. The topological polar surface area (TPSA) is 103 Å². The number of nitrogens with zero attached hydrogens (tertiary/aromatic N) is 4. The number of hydrogen-bond donors (Lipinski definition) is 1. The van der Waals surface area contributed by atoms with Crippen molar-refractivity contribution < 1.29 is 12.9 Å². The maximum Gasteiger partial charge on any atom is 0.246 e. The number of rotatable bonds is 5. The molecule has 2 rings (SSSR count). The monoisotopic (exact) mass is 285 g/mol. The van der Waals surface area contributed by atoms with Crippen molar-refractivity contribution in [3.05, 3.63) is 24.1 Å².